The van der Waals surface area contributed by atoms with Gasteiger partial charge in [-0.15, -0.1) is 0 Å². The third-order valence-corrected chi connectivity index (χ3v) is 4.21. The van der Waals surface area contributed by atoms with Crippen LogP contribution in [0, 0.1) is 17.3 Å². The van der Waals surface area contributed by atoms with Gasteiger partial charge in [0.15, 0.2) is 0 Å². The minimum Gasteiger partial charge on any atom is -0.378 e. The molecule has 84 valence electrons. The van der Waals surface area contributed by atoms with E-state index < -0.39 is 0 Å². The Morgan fingerprint density at radius 2 is 1.93 bits per heavy atom. The van der Waals surface area contributed by atoms with Crippen LogP contribution in [0.5, 0.6) is 0 Å². The van der Waals surface area contributed by atoms with Gasteiger partial charge in [0.05, 0.1) is 6.10 Å². The molecule has 0 radical (unpaired) electrons. The van der Waals surface area contributed by atoms with Crippen LogP contribution < -0.4 is 0 Å². The summed E-state index contributed by atoms with van der Waals surface area (Å²) in [7, 11) is 0. The van der Waals surface area contributed by atoms with Gasteiger partial charge in [-0.25, -0.2) is 0 Å². The summed E-state index contributed by atoms with van der Waals surface area (Å²) < 4.78 is 5.85. The molecule has 1 saturated heterocycles. The molecule has 0 aliphatic carbocycles. The maximum Gasteiger partial charge on any atom is 0.0603 e. The van der Waals surface area contributed by atoms with E-state index in [0.717, 1.165) is 12.5 Å². The lowest BCUT2D eigenvalue weighted by Crippen LogP contribution is -2.40. The fourth-order valence-electron chi connectivity index (χ4n) is 2.66. The molecule has 0 N–H and O–H groups in total. The van der Waals surface area contributed by atoms with Crippen LogP contribution >= 0.6 is 0 Å². The van der Waals surface area contributed by atoms with Gasteiger partial charge >= 0.3 is 0 Å². The quantitative estimate of drug-likeness (QED) is 0.669. The summed E-state index contributed by atoms with van der Waals surface area (Å²) in [5.74, 6) is 1.46. The van der Waals surface area contributed by atoms with E-state index >= 15 is 0 Å². The average Bonchev–Trinajstić information content (AvgIpc) is 2.17. The lowest BCUT2D eigenvalue weighted by atomic mass is 9.67. The Morgan fingerprint density at radius 3 is 2.36 bits per heavy atom. The first-order valence-corrected chi connectivity index (χ1v) is 6.13. The van der Waals surface area contributed by atoms with E-state index in [1.54, 1.807) is 0 Å². The molecule has 2 atom stereocenters. The molecule has 0 saturated carbocycles. The molecule has 1 aliphatic heterocycles. The average molecular weight is 198 g/mol. The molecule has 0 spiro atoms. The van der Waals surface area contributed by atoms with Gasteiger partial charge in [-0.3, -0.25) is 0 Å². The second-order valence-corrected chi connectivity index (χ2v) is 5.48. The van der Waals surface area contributed by atoms with Crippen molar-refractivity contribution in [3.05, 3.63) is 0 Å². The maximum atomic E-state index is 5.85. The van der Waals surface area contributed by atoms with Crippen LogP contribution in [0.2, 0.25) is 0 Å². The fourth-order valence-corrected chi connectivity index (χ4v) is 2.66. The molecule has 0 aromatic rings. The van der Waals surface area contributed by atoms with E-state index in [1.165, 1.54) is 19.3 Å². The van der Waals surface area contributed by atoms with Crippen LogP contribution in [0.4, 0.5) is 0 Å². The molecule has 0 aromatic carbocycles. The van der Waals surface area contributed by atoms with Gasteiger partial charge in [-0.2, -0.15) is 0 Å². The highest BCUT2D eigenvalue weighted by atomic mass is 16.5. The third-order valence-electron chi connectivity index (χ3n) is 4.21. The lowest BCUT2D eigenvalue weighted by molar-refractivity contribution is -0.0866. The van der Waals surface area contributed by atoms with Crippen molar-refractivity contribution in [1.82, 2.24) is 0 Å². The van der Waals surface area contributed by atoms with E-state index in [4.69, 9.17) is 4.74 Å². The highest BCUT2D eigenvalue weighted by molar-refractivity contribution is 4.88. The van der Waals surface area contributed by atoms with Crippen molar-refractivity contribution < 1.29 is 4.74 Å². The number of hydrogen-bond acceptors (Lipinski definition) is 1. The Kier molecular flexibility index (Phi) is 4.00. The summed E-state index contributed by atoms with van der Waals surface area (Å²) in [5, 5.41) is 0. The Balaban J connectivity index is 2.69. The van der Waals surface area contributed by atoms with Gasteiger partial charge in [-0.1, -0.05) is 41.0 Å². The van der Waals surface area contributed by atoms with Crippen molar-refractivity contribution in [2.75, 3.05) is 6.61 Å². The molecule has 0 amide bonds. The summed E-state index contributed by atoms with van der Waals surface area (Å²) >= 11 is 0. The predicted octanol–water partition coefficient (Wildman–Crippen LogP) is 3.87. The van der Waals surface area contributed by atoms with Gasteiger partial charge in [0.1, 0.15) is 0 Å². The first kappa shape index (κ1) is 12.0. The Bertz CT molecular complexity index is 174. The van der Waals surface area contributed by atoms with Gasteiger partial charge in [0.25, 0.3) is 0 Å². The van der Waals surface area contributed by atoms with E-state index in [2.05, 4.69) is 34.6 Å². The van der Waals surface area contributed by atoms with Crippen molar-refractivity contribution in [2.24, 2.45) is 17.3 Å². The molecule has 1 fully saturated rings. The van der Waals surface area contributed by atoms with Gasteiger partial charge in [-0.05, 0) is 30.1 Å². The number of hydrogen-bond donors (Lipinski definition) is 0. The van der Waals surface area contributed by atoms with Gasteiger partial charge in [0.2, 0.25) is 0 Å². The van der Waals surface area contributed by atoms with E-state index in [9.17, 15) is 0 Å². The Labute approximate surface area is 89.2 Å². The fraction of sp³-hybridized carbons (Fsp3) is 1.00. The van der Waals surface area contributed by atoms with Crippen LogP contribution in [0.25, 0.3) is 0 Å². The monoisotopic (exact) mass is 198 g/mol. The Hall–Kier alpha value is -0.0400. The molecule has 1 heterocycles. The lowest BCUT2D eigenvalue weighted by Gasteiger charge is -2.44. The van der Waals surface area contributed by atoms with Crippen LogP contribution in [0.3, 0.4) is 0 Å². The van der Waals surface area contributed by atoms with Crippen molar-refractivity contribution in [1.29, 1.82) is 0 Å². The molecule has 1 aliphatic rings. The predicted molar refractivity (Wildman–Crippen MR) is 61.4 cm³/mol. The molecule has 1 rings (SSSR count). The van der Waals surface area contributed by atoms with Crippen molar-refractivity contribution >= 4 is 0 Å². The third kappa shape index (κ3) is 2.31. The zero-order valence-electron chi connectivity index (χ0n) is 10.5. The minimum absolute atomic E-state index is 0.492. The maximum absolute atomic E-state index is 5.85. The molecule has 1 nitrogen and oxygen atoms in total. The summed E-state index contributed by atoms with van der Waals surface area (Å²) in [6, 6.07) is 0. The van der Waals surface area contributed by atoms with Crippen LogP contribution in [-0.4, -0.2) is 12.7 Å². The zero-order chi connectivity index (χ0) is 10.8. The van der Waals surface area contributed by atoms with Crippen LogP contribution in [-0.2, 0) is 4.74 Å². The minimum atomic E-state index is 0.492. The first-order valence-electron chi connectivity index (χ1n) is 6.13. The molecule has 0 aromatic heterocycles. The van der Waals surface area contributed by atoms with Crippen LogP contribution in [0.15, 0.2) is 0 Å². The Morgan fingerprint density at radius 1 is 1.29 bits per heavy atom. The standard InChI is InChI=1S/C13H26O/c1-6-13(11(4)5)7-8-14-12(9-13)10(2)3/h10-12H,6-9H2,1-5H3. The van der Waals surface area contributed by atoms with E-state index in [-0.39, 0.29) is 0 Å². The highest BCUT2D eigenvalue weighted by Gasteiger charge is 2.38. The highest BCUT2D eigenvalue weighted by Crippen LogP contribution is 2.44. The SMILES string of the molecule is CCC1(C(C)C)CCOC(C(C)C)C1. The first-order chi connectivity index (χ1) is 6.52. The normalized spacial score (nSPS) is 34.1. The zero-order valence-corrected chi connectivity index (χ0v) is 10.5. The summed E-state index contributed by atoms with van der Waals surface area (Å²) in [6.07, 6.45) is 4.31. The van der Waals surface area contributed by atoms with E-state index in [1.807, 2.05) is 0 Å². The molecular weight excluding hydrogens is 172 g/mol. The summed E-state index contributed by atoms with van der Waals surface area (Å²) in [5.41, 5.74) is 0.549. The van der Waals surface area contributed by atoms with Crippen molar-refractivity contribution in [3.63, 3.8) is 0 Å². The largest absolute Gasteiger partial charge is 0.378 e. The van der Waals surface area contributed by atoms with Gasteiger partial charge < -0.3 is 4.74 Å². The number of rotatable bonds is 3. The number of ether oxygens (including phenoxy) is 1. The van der Waals surface area contributed by atoms with Crippen LogP contribution in [0.1, 0.15) is 53.9 Å². The molecule has 0 bridgehead atoms. The van der Waals surface area contributed by atoms with Crippen molar-refractivity contribution in [2.45, 2.75) is 60.0 Å². The molecule has 2 unspecified atom stereocenters. The molecule has 14 heavy (non-hydrogen) atoms. The second kappa shape index (κ2) is 4.65. The summed E-state index contributed by atoms with van der Waals surface area (Å²) in [4.78, 5) is 0. The van der Waals surface area contributed by atoms with Gasteiger partial charge in [0, 0.05) is 6.61 Å². The van der Waals surface area contributed by atoms with E-state index in [0.29, 0.717) is 17.4 Å². The second-order valence-electron chi connectivity index (χ2n) is 5.48. The molecule has 1 heteroatoms. The molecular formula is C13H26O. The smallest absolute Gasteiger partial charge is 0.0603 e. The summed E-state index contributed by atoms with van der Waals surface area (Å²) in [6.45, 7) is 12.6. The topological polar surface area (TPSA) is 9.23 Å². The van der Waals surface area contributed by atoms with Crippen molar-refractivity contribution in [3.8, 4) is 0 Å².